The van der Waals surface area contributed by atoms with Crippen LogP contribution >= 0.6 is 0 Å². The third-order valence-corrected chi connectivity index (χ3v) is 2.77. The van der Waals surface area contributed by atoms with Crippen LogP contribution in [-0.4, -0.2) is 31.2 Å². The average Bonchev–Trinajstić information content (AvgIpc) is 2.37. The van der Waals surface area contributed by atoms with Crippen LogP contribution in [0.1, 0.15) is 42.3 Å². The minimum absolute atomic E-state index is 0.148. The number of hydrogen-bond acceptors (Lipinski definition) is 5. The number of benzene rings is 1. The number of esters is 2. The molecule has 1 aromatic carbocycles. The zero-order valence-electron chi connectivity index (χ0n) is 13.3. The van der Waals surface area contributed by atoms with Gasteiger partial charge in [0.15, 0.2) is 0 Å². The molecule has 5 nitrogen and oxygen atoms in total. The maximum absolute atomic E-state index is 11.6. The maximum Gasteiger partial charge on any atom is 0.337 e. The number of ether oxygens (including phenoxy) is 2. The second-order valence-electron chi connectivity index (χ2n) is 5.82. The molecule has 0 saturated heterocycles. The number of rotatable bonds is 5. The molecule has 1 aromatic rings. The van der Waals surface area contributed by atoms with Crippen molar-refractivity contribution in [1.82, 2.24) is 5.32 Å². The largest absolute Gasteiger partial charge is 0.465 e. The molecule has 0 spiro atoms. The van der Waals surface area contributed by atoms with Crippen LogP contribution in [0.5, 0.6) is 0 Å². The van der Waals surface area contributed by atoms with E-state index in [2.05, 4.69) is 10.1 Å². The highest BCUT2D eigenvalue weighted by Gasteiger charge is 2.15. The van der Waals surface area contributed by atoms with Gasteiger partial charge in [0, 0.05) is 6.54 Å². The summed E-state index contributed by atoms with van der Waals surface area (Å²) in [6.45, 7) is 8.10. The molecule has 0 aliphatic carbocycles. The summed E-state index contributed by atoms with van der Waals surface area (Å²) in [5.41, 5.74) is 2.03. The van der Waals surface area contributed by atoms with Crippen LogP contribution in [-0.2, 0) is 20.8 Å². The van der Waals surface area contributed by atoms with Gasteiger partial charge >= 0.3 is 11.9 Å². The summed E-state index contributed by atoms with van der Waals surface area (Å²) in [4.78, 5) is 23.0. The lowest BCUT2D eigenvalue weighted by Gasteiger charge is -2.19. The van der Waals surface area contributed by atoms with E-state index < -0.39 is 5.60 Å². The summed E-state index contributed by atoms with van der Waals surface area (Å²) in [7, 11) is 1.36. The Kier molecular flexibility index (Phi) is 5.90. The van der Waals surface area contributed by atoms with Crippen LogP contribution in [0, 0.1) is 6.92 Å². The Balaban J connectivity index is 2.53. The van der Waals surface area contributed by atoms with E-state index in [1.807, 2.05) is 33.8 Å². The van der Waals surface area contributed by atoms with Gasteiger partial charge in [-0.1, -0.05) is 6.07 Å². The molecule has 0 aliphatic heterocycles. The van der Waals surface area contributed by atoms with Gasteiger partial charge in [-0.25, -0.2) is 4.79 Å². The molecule has 0 bridgehead atoms. The molecule has 1 rings (SSSR count). The predicted molar refractivity (Wildman–Crippen MR) is 80.1 cm³/mol. The first kappa shape index (κ1) is 17.2. The van der Waals surface area contributed by atoms with E-state index >= 15 is 0 Å². The lowest BCUT2D eigenvalue weighted by molar-refractivity contribution is -0.153. The molecule has 0 heterocycles. The highest BCUT2D eigenvalue weighted by molar-refractivity contribution is 5.89. The van der Waals surface area contributed by atoms with E-state index in [0.717, 1.165) is 11.1 Å². The first-order valence-corrected chi connectivity index (χ1v) is 6.83. The summed E-state index contributed by atoms with van der Waals surface area (Å²) >= 11 is 0. The summed E-state index contributed by atoms with van der Waals surface area (Å²) in [6.07, 6.45) is 0. The Labute approximate surface area is 125 Å². The first-order valence-electron chi connectivity index (χ1n) is 6.83. The molecule has 116 valence electrons. The second-order valence-corrected chi connectivity index (χ2v) is 5.82. The molecule has 0 aliphatic rings. The standard InChI is InChI=1S/C16H23NO4/c1-11-8-12(15(19)20-5)6-7-13(11)9-17-10-14(18)21-16(2,3)4/h6-8,17H,9-10H2,1-5H3. The molecule has 0 atom stereocenters. The quantitative estimate of drug-likeness (QED) is 0.843. The molecule has 0 saturated carbocycles. The van der Waals surface area contributed by atoms with Crippen LogP contribution in [0.2, 0.25) is 0 Å². The molecular weight excluding hydrogens is 270 g/mol. The van der Waals surface area contributed by atoms with Gasteiger partial charge in [-0.3, -0.25) is 4.79 Å². The molecule has 0 amide bonds. The molecule has 21 heavy (non-hydrogen) atoms. The maximum atomic E-state index is 11.6. The van der Waals surface area contributed by atoms with Crippen molar-refractivity contribution in [2.45, 2.75) is 39.8 Å². The Morgan fingerprint density at radius 2 is 1.90 bits per heavy atom. The Bertz CT molecular complexity index is 517. The van der Waals surface area contributed by atoms with Gasteiger partial charge in [0.05, 0.1) is 19.2 Å². The van der Waals surface area contributed by atoms with Crippen LogP contribution in [0.15, 0.2) is 18.2 Å². The minimum Gasteiger partial charge on any atom is -0.465 e. The Morgan fingerprint density at radius 3 is 2.43 bits per heavy atom. The first-order chi connectivity index (χ1) is 9.73. The molecule has 1 N–H and O–H groups in total. The lowest BCUT2D eigenvalue weighted by Crippen LogP contribution is -2.31. The van der Waals surface area contributed by atoms with Crippen LogP contribution in [0.25, 0.3) is 0 Å². The Morgan fingerprint density at radius 1 is 1.24 bits per heavy atom. The molecule has 0 radical (unpaired) electrons. The molecule has 0 unspecified atom stereocenters. The second kappa shape index (κ2) is 7.22. The van der Waals surface area contributed by atoms with Crippen LogP contribution in [0.3, 0.4) is 0 Å². The van der Waals surface area contributed by atoms with Gasteiger partial charge in [0.2, 0.25) is 0 Å². The van der Waals surface area contributed by atoms with Crippen LogP contribution in [0.4, 0.5) is 0 Å². The predicted octanol–water partition coefficient (Wildman–Crippen LogP) is 2.21. The van der Waals surface area contributed by atoms with E-state index in [4.69, 9.17) is 4.74 Å². The van der Waals surface area contributed by atoms with E-state index in [1.54, 1.807) is 12.1 Å². The van der Waals surface area contributed by atoms with Crippen LogP contribution < -0.4 is 5.32 Å². The molecular formula is C16H23NO4. The topological polar surface area (TPSA) is 64.6 Å². The zero-order valence-corrected chi connectivity index (χ0v) is 13.3. The fraction of sp³-hybridized carbons (Fsp3) is 0.500. The van der Waals surface area contributed by atoms with Crippen molar-refractivity contribution in [3.8, 4) is 0 Å². The fourth-order valence-electron chi connectivity index (χ4n) is 1.82. The van der Waals surface area contributed by atoms with Gasteiger partial charge in [-0.15, -0.1) is 0 Å². The summed E-state index contributed by atoms with van der Waals surface area (Å²) in [5.74, 6) is -0.641. The number of carbonyl (C=O) groups is 2. The van der Waals surface area contributed by atoms with Crippen molar-refractivity contribution >= 4 is 11.9 Å². The number of methoxy groups -OCH3 is 1. The highest BCUT2D eigenvalue weighted by Crippen LogP contribution is 2.12. The molecule has 5 heteroatoms. The third kappa shape index (κ3) is 5.95. The van der Waals surface area contributed by atoms with Crippen molar-refractivity contribution < 1.29 is 19.1 Å². The normalized spacial score (nSPS) is 11.1. The SMILES string of the molecule is COC(=O)c1ccc(CNCC(=O)OC(C)(C)C)c(C)c1. The Hall–Kier alpha value is -1.88. The lowest BCUT2D eigenvalue weighted by atomic mass is 10.1. The van der Waals surface area contributed by atoms with E-state index in [-0.39, 0.29) is 18.5 Å². The van der Waals surface area contributed by atoms with Crippen molar-refractivity contribution in [1.29, 1.82) is 0 Å². The summed E-state index contributed by atoms with van der Waals surface area (Å²) in [5, 5.41) is 3.04. The monoisotopic (exact) mass is 293 g/mol. The molecule has 0 fully saturated rings. The third-order valence-electron chi connectivity index (χ3n) is 2.77. The van der Waals surface area contributed by atoms with Gasteiger partial charge in [0.25, 0.3) is 0 Å². The van der Waals surface area contributed by atoms with Gasteiger partial charge in [-0.2, -0.15) is 0 Å². The zero-order chi connectivity index (χ0) is 16.0. The average molecular weight is 293 g/mol. The van der Waals surface area contributed by atoms with Crippen molar-refractivity contribution in [3.05, 3.63) is 34.9 Å². The summed E-state index contributed by atoms with van der Waals surface area (Å²) in [6, 6.07) is 5.34. The van der Waals surface area contributed by atoms with E-state index in [9.17, 15) is 9.59 Å². The van der Waals surface area contributed by atoms with Gasteiger partial charge < -0.3 is 14.8 Å². The van der Waals surface area contributed by atoms with Crippen molar-refractivity contribution in [2.24, 2.45) is 0 Å². The van der Waals surface area contributed by atoms with Crippen molar-refractivity contribution in [2.75, 3.05) is 13.7 Å². The minimum atomic E-state index is -0.475. The van der Waals surface area contributed by atoms with Crippen molar-refractivity contribution in [3.63, 3.8) is 0 Å². The fourth-order valence-corrected chi connectivity index (χ4v) is 1.82. The smallest absolute Gasteiger partial charge is 0.337 e. The van der Waals surface area contributed by atoms with E-state index in [1.165, 1.54) is 7.11 Å². The van der Waals surface area contributed by atoms with E-state index in [0.29, 0.717) is 12.1 Å². The van der Waals surface area contributed by atoms with Gasteiger partial charge in [0.1, 0.15) is 5.60 Å². The van der Waals surface area contributed by atoms with Gasteiger partial charge in [-0.05, 0) is 51.0 Å². The highest BCUT2D eigenvalue weighted by atomic mass is 16.6. The molecule has 0 aromatic heterocycles. The summed E-state index contributed by atoms with van der Waals surface area (Å²) < 4.78 is 9.88. The number of carbonyl (C=O) groups excluding carboxylic acids is 2. The number of aryl methyl sites for hydroxylation is 1. The number of hydrogen-bond donors (Lipinski definition) is 1. The number of nitrogens with one attached hydrogen (secondary N) is 1.